The number of carboxylic acid groups (broad SMARTS) is 1. The summed E-state index contributed by atoms with van der Waals surface area (Å²) in [6.07, 6.45) is 1.71. The Morgan fingerprint density at radius 3 is 2.93 bits per heavy atom. The molecule has 27 heavy (non-hydrogen) atoms. The molecule has 0 bridgehead atoms. The maximum atomic E-state index is 13.1. The van der Waals surface area contributed by atoms with Gasteiger partial charge in [0.15, 0.2) is 5.75 Å². The van der Waals surface area contributed by atoms with Gasteiger partial charge in [0.2, 0.25) is 0 Å². The molecule has 1 aliphatic heterocycles. The molecule has 2 rings (SSSR count). The molecule has 1 aliphatic rings. The van der Waals surface area contributed by atoms with Crippen LogP contribution in [0.5, 0.6) is 5.75 Å². The number of amides is 1. The minimum absolute atomic E-state index is 0.0742. The fraction of sp³-hybridized carbons (Fsp3) is 0.474. The number of fused-ring (bicyclic) bond motifs is 1. The minimum Gasteiger partial charge on any atom is -0.465 e. The molecule has 0 radical (unpaired) electrons. The summed E-state index contributed by atoms with van der Waals surface area (Å²) in [6.45, 7) is 4.08. The van der Waals surface area contributed by atoms with E-state index in [4.69, 9.17) is 14.9 Å². The van der Waals surface area contributed by atoms with E-state index < -0.39 is 11.6 Å². The summed E-state index contributed by atoms with van der Waals surface area (Å²) in [6, 6.07) is 5.00. The molecule has 148 valence electrons. The first-order valence-corrected chi connectivity index (χ1v) is 8.75. The summed E-state index contributed by atoms with van der Waals surface area (Å²) in [5.74, 6) is 0.478. The van der Waals surface area contributed by atoms with Crippen molar-refractivity contribution in [3.63, 3.8) is 0 Å². The first-order valence-electron chi connectivity index (χ1n) is 8.75. The van der Waals surface area contributed by atoms with Gasteiger partial charge in [0.1, 0.15) is 12.9 Å². The van der Waals surface area contributed by atoms with Crippen molar-refractivity contribution < 1.29 is 28.9 Å². The molecule has 7 nitrogen and oxygen atoms in total. The second-order valence-corrected chi connectivity index (χ2v) is 7.11. The van der Waals surface area contributed by atoms with Crippen molar-refractivity contribution in [2.45, 2.75) is 44.7 Å². The van der Waals surface area contributed by atoms with E-state index in [0.717, 1.165) is 23.8 Å². The van der Waals surface area contributed by atoms with Gasteiger partial charge in [-0.3, -0.25) is 0 Å². The van der Waals surface area contributed by atoms with E-state index in [1.807, 2.05) is 12.1 Å². The second kappa shape index (κ2) is 9.48. The number of aldehydes is 1. The van der Waals surface area contributed by atoms with Gasteiger partial charge >= 0.3 is 6.09 Å². The molecule has 0 saturated heterocycles. The summed E-state index contributed by atoms with van der Waals surface area (Å²) in [5, 5.41) is 14.3. The van der Waals surface area contributed by atoms with Gasteiger partial charge in [-0.05, 0) is 61.9 Å². The van der Waals surface area contributed by atoms with Crippen LogP contribution in [-0.4, -0.2) is 36.2 Å². The quantitative estimate of drug-likeness (QED) is 0.346. The summed E-state index contributed by atoms with van der Waals surface area (Å²) in [5.41, 5.74) is 1.61. The number of rotatable bonds is 9. The van der Waals surface area contributed by atoms with Gasteiger partial charge in [0.25, 0.3) is 0 Å². The van der Waals surface area contributed by atoms with Crippen molar-refractivity contribution in [2.75, 3.05) is 13.2 Å². The van der Waals surface area contributed by atoms with Gasteiger partial charge in [-0.25, -0.2) is 9.18 Å². The zero-order chi connectivity index (χ0) is 19.9. The third kappa shape index (κ3) is 6.33. The Balaban J connectivity index is 1.84. The predicted molar refractivity (Wildman–Crippen MR) is 97.2 cm³/mol. The van der Waals surface area contributed by atoms with E-state index in [9.17, 15) is 14.0 Å². The highest BCUT2D eigenvalue weighted by Crippen LogP contribution is 2.26. The van der Waals surface area contributed by atoms with Crippen LogP contribution in [0, 0.1) is 0 Å². The molecule has 3 N–H and O–H groups in total. The Bertz CT molecular complexity index is 705. The van der Waals surface area contributed by atoms with Crippen LogP contribution in [0.25, 0.3) is 0 Å². The van der Waals surface area contributed by atoms with Gasteiger partial charge in [-0.2, -0.15) is 4.89 Å². The van der Waals surface area contributed by atoms with Gasteiger partial charge in [0.05, 0.1) is 12.4 Å². The SMILES string of the molecule is CC(C)(CC/C(=C\F)COOc1ccc2c(c1)CCNC2C=O)NC(=O)O. The Morgan fingerprint density at radius 1 is 1.48 bits per heavy atom. The molecular formula is C19H25FN2O5. The number of benzene rings is 1. The maximum absolute atomic E-state index is 13.1. The average Bonchev–Trinajstić information content (AvgIpc) is 2.62. The number of nitrogens with one attached hydrogen (secondary N) is 2. The molecule has 8 heteroatoms. The third-order valence-electron chi connectivity index (χ3n) is 4.41. The first-order chi connectivity index (χ1) is 12.8. The maximum Gasteiger partial charge on any atom is 0.405 e. The van der Waals surface area contributed by atoms with E-state index in [-0.39, 0.29) is 12.6 Å². The molecule has 0 saturated carbocycles. The molecule has 1 aromatic carbocycles. The van der Waals surface area contributed by atoms with Crippen molar-refractivity contribution in [3.8, 4) is 5.75 Å². The monoisotopic (exact) mass is 380 g/mol. The van der Waals surface area contributed by atoms with E-state index >= 15 is 0 Å². The summed E-state index contributed by atoms with van der Waals surface area (Å²) in [4.78, 5) is 32.2. The fourth-order valence-corrected chi connectivity index (χ4v) is 2.90. The third-order valence-corrected chi connectivity index (χ3v) is 4.41. The predicted octanol–water partition coefficient (Wildman–Crippen LogP) is 3.06. The van der Waals surface area contributed by atoms with Crippen LogP contribution in [0.15, 0.2) is 30.1 Å². The molecule has 1 heterocycles. The number of hydrogen-bond donors (Lipinski definition) is 3. The fourth-order valence-electron chi connectivity index (χ4n) is 2.90. The minimum atomic E-state index is -1.12. The van der Waals surface area contributed by atoms with Crippen molar-refractivity contribution in [1.29, 1.82) is 0 Å². The van der Waals surface area contributed by atoms with E-state index in [2.05, 4.69) is 10.6 Å². The highest BCUT2D eigenvalue weighted by Gasteiger charge is 2.21. The zero-order valence-electron chi connectivity index (χ0n) is 15.5. The van der Waals surface area contributed by atoms with Crippen LogP contribution >= 0.6 is 0 Å². The van der Waals surface area contributed by atoms with Crippen LogP contribution in [-0.2, 0) is 16.1 Å². The summed E-state index contributed by atoms with van der Waals surface area (Å²) in [7, 11) is 0. The number of halogens is 1. The lowest BCUT2D eigenvalue weighted by Gasteiger charge is -2.24. The standard InChI is InChI=1S/C19H25FN2O5/c1-19(2,22-18(24)25)7-5-13(10-20)12-26-27-15-3-4-16-14(9-15)6-8-21-17(16)11-23/h3-4,9-11,17,21-22H,5-8,12H2,1-2H3,(H,24,25)/b13-10+. The molecule has 0 aliphatic carbocycles. The van der Waals surface area contributed by atoms with Crippen LogP contribution in [0.3, 0.4) is 0 Å². The van der Waals surface area contributed by atoms with Crippen molar-refractivity contribution in [1.82, 2.24) is 10.6 Å². The number of carbonyl (C=O) groups is 2. The van der Waals surface area contributed by atoms with E-state index in [0.29, 0.717) is 37.0 Å². The van der Waals surface area contributed by atoms with Gasteiger partial charge in [0, 0.05) is 12.1 Å². The Morgan fingerprint density at radius 2 is 2.26 bits per heavy atom. The molecule has 1 aromatic rings. The summed E-state index contributed by atoms with van der Waals surface area (Å²) >= 11 is 0. The summed E-state index contributed by atoms with van der Waals surface area (Å²) < 4.78 is 13.1. The molecule has 0 fully saturated rings. The number of carbonyl (C=O) groups excluding carboxylic acids is 1. The lowest BCUT2D eigenvalue weighted by atomic mass is 9.95. The molecule has 1 atom stereocenters. The largest absolute Gasteiger partial charge is 0.465 e. The first kappa shape index (κ1) is 20.9. The van der Waals surface area contributed by atoms with Gasteiger partial charge in [-0.1, -0.05) is 6.07 Å². The Kier molecular flexibility index (Phi) is 7.32. The van der Waals surface area contributed by atoms with E-state index in [1.165, 1.54) is 0 Å². The molecule has 0 spiro atoms. The van der Waals surface area contributed by atoms with Crippen LogP contribution in [0.4, 0.5) is 9.18 Å². The molecule has 1 unspecified atom stereocenters. The van der Waals surface area contributed by atoms with Gasteiger partial charge in [-0.15, -0.1) is 0 Å². The lowest BCUT2D eigenvalue weighted by Crippen LogP contribution is -2.42. The number of hydrogen-bond acceptors (Lipinski definition) is 5. The highest BCUT2D eigenvalue weighted by molar-refractivity contribution is 5.65. The van der Waals surface area contributed by atoms with Crippen molar-refractivity contribution in [3.05, 3.63) is 41.2 Å². The Labute approximate surface area is 157 Å². The van der Waals surface area contributed by atoms with Gasteiger partial charge < -0.3 is 25.4 Å². The molecule has 0 aromatic heterocycles. The highest BCUT2D eigenvalue weighted by atomic mass is 19.1. The second-order valence-electron chi connectivity index (χ2n) is 7.11. The molecule has 1 amide bonds. The Hall–Kier alpha value is -2.45. The van der Waals surface area contributed by atoms with Crippen LogP contribution < -0.4 is 15.5 Å². The smallest absolute Gasteiger partial charge is 0.405 e. The zero-order valence-corrected chi connectivity index (χ0v) is 15.5. The van der Waals surface area contributed by atoms with Crippen molar-refractivity contribution >= 4 is 12.4 Å². The van der Waals surface area contributed by atoms with E-state index in [1.54, 1.807) is 19.9 Å². The van der Waals surface area contributed by atoms with Crippen molar-refractivity contribution in [2.24, 2.45) is 0 Å². The lowest BCUT2D eigenvalue weighted by molar-refractivity contribution is -0.198. The average molecular weight is 380 g/mol. The normalized spacial score (nSPS) is 17.1. The molecular weight excluding hydrogens is 355 g/mol. The topological polar surface area (TPSA) is 96.9 Å². The van der Waals surface area contributed by atoms with Crippen LogP contribution in [0.2, 0.25) is 0 Å². The van der Waals surface area contributed by atoms with Crippen LogP contribution in [0.1, 0.15) is 43.9 Å².